The number of ether oxygens (including phenoxy) is 1. The van der Waals surface area contributed by atoms with Gasteiger partial charge in [-0.15, -0.1) is 0 Å². The van der Waals surface area contributed by atoms with E-state index in [2.05, 4.69) is 29.2 Å². The molecule has 0 spiro atoms. The van der Waals surface area contributed by atoms with E-state index in [-0.39, 0.29) is 5.97 Å². The number of rotatable bonds is 4. The summed E-state index contributed by atoms with van der Waals surface area (Å²) in [6.45, 7) is 4.54. The molecule has 1 aliphatic heterocycles. The van der Waals surface area contributed by atoms with Gasteiger partial charge in [-0.2, -0.15) is 0 Å². The maximum Gasteiger partial charge on any atom is 0.325 e. The third-order valence-corrected chi connectivity index (χ3v) is 4.03. The molecule has 4 nitrogen and oxygen atoms in total. The van der Waals surface area contributed by atoms with E-state index in [0.717, 1.165) is 32.5 Å². The molecule has 1 aromatic carbocycles. The van der Waals surface area contributed by atoms with E-state index in [9.17, 15) is 4.79 Å². The highest BCUT2D eigenvalue weighted by molar-refractivity contribution is 5.79. The summed E-state index contributed by atoms with van der Waals surface area (Å²) in [5.41, 5.74) is 7.95. The smallest absolute Gasteiger partial charge is 0.325 e. The molecule has 0 saturated carbocycles. The Kier molecular flexibility index (Phi) is 4.78. The van der Waals surface area contributed by atoms with E-state index in [1.54, 1.807) is 6.92 Å². The third kappa shape index (κ3) is 3.58. The number of carbonyl (C=O) groups is 1. The summed E-state index contributed by atoms with van der Waals surface area (Å²) in [6, 6.07) is 8.59. The molecule has 1 atom stereocenters. The van der Waals surface area contributed by atoms with E-state index in [1.165, 1.54) is 18.2 Å². The zero-order valence-corrected chi connectivity index (χ0v) is 12.4. The van der Waals surface area contributed by atoms with Crippen LogP contribution >= 0.6 is 0 Å². The van der Waals surface area contributed by atoms with Crippen molar-refractivity contribution in [2.24, 2.45) is 5.73 Å². The lowest BCUT2D eigenvalue weighted by Crippen LogP contribution is -2.48. The highest BCUT2D eigenvalue weighted by Gasteiger charge is 2.30. The molecule has 0 bridgehead atoms. The van der Waals surface area contributed by atoms with Crippen molar-refractivity contribution in [3.05, 3.63) is 35.4 Å². The van der Waals surface area contributed by atoms with Gasteiger partial charge in [0.1, 0.15) is 5.54 Å². The number of hydrogen-bond donors (Lipinski definition) is 1. The fourth-order valence-electron chi connectivity index (χ4n) is 2.69. The van der Waals surface area contributed by atoms with Crippen molar-refractivity contribution in [1.82, 2.24) is 4.90 Å². The van der Waals surface area contributed by atoms with Gasteiger partial charge in [0.15, 0.2) is 0 Å². The Balaban J connectivity index is 1.96. The van der Waals surface area contributed by atoms with Crippen molar-refractivity contribution in [2.75, 3.05) is 20.2 Å². The largest absolute Gasteiger partial charge is 0.468 e. The molecule has 20 heavy (non-hydrogen) atoms. The zero-order chi connectivity index (χ0) is 14.6. The topological polar surface area (TPSA) is 55.6 Å². The van der Waals surface area contributed by atoms with Crippen LogP contribution in [0.5, 0.6) is 0 Å². The van der Waals surface area contributed by atoms with Crippen molar-refractivity contribution in [3.8, 4) is 0 Å². The molecule has 0 fully saturated rings. The molecule has 0 amide bonds. The molecule has 0 radical (unpaired) electrons. The van der Waals surface area contributed by atoms with Gasteiger partial charge in [0.05, 0.1) is 7.11 Å². The zero-order valence-electron chi connectivity index (χ0n) is 12.4. The summed E-state index contributed by atoms with van der Waals surface area (Å²) in [5, 5.41) is 0. The first-order valence-corrected chi connectivity index (χ1v) is 7.19. The molecular formula is C16H24N2O2. The Morgan fingerprint density at radius 2 is 2.10 bits per heavy atom. The summed E-state index contributed by atoms with van der Waals surface area (Å²) in [4.78, 5) is 14.0. The SMILES string of the molecule is COC(=O)C(C)(N)CCN1CCCc2ccccc2C1. The molecule has 2 N–H and O–H groups in total. The Morgan fingerprint density at radius 1 is 1.40 bits per heavy atom. The third-order valence-electron chi connectivity index (χ3n) is 4.03. The van der Waals surface area contributed by atoms with Crippen LogP contribution in [-0.2, 0) is 22.5 Å². The van der Waals surface area contributed by atoms with Crippen molar-refractivity contribution >= 4 is 5.97 Å². The van der Waals surface area contributed by atoms with Crippen molar-refractivity contribution in [3.63, 3.8) is 0 Å². The van der Waals surface area contributed by atoms with Gasteiger partial charge >= 0.3 is 5.97 Å². The van der Waals surface area contributed by atoms with Crippen LogP contribution in [0.2, 0.25) is 0 Å². The van der Waals surface area contributed by atoms with Crippen LogP contribution in [-0.4, -0.2) is 36.6 Å². The average Bonchev–Trinajstić information content (AvgIpc) is 2.66. The Morgan fingerprint density at radius 3 is 2.80 bits per heavy atom. The molecule has 0 aromatic heterocycles. The minimum Gasteiger partial charge on any atom is -0.468 e. The fraction of sp³-hybridized carbons (Fsp3) is 0.562. The number of fused-ring (bicyclic) bond motifs is 1. The molecule has 0 saturated heterocycles. The molecule has 2 rings (SSSR count). The van der Waals surface area contributed by atoms with E-state index in [1.807, 2.05) is 0 Å². The van der Waals surface area contributed by atoms with E-state index >= 15 is 0 Å². The van der Waals surface area contributed by atoms with Crippen molar-refractivity contribution in [1.29, 1.82) is 0 Å². The second-order valence-corrected chi connectivity index (χ2v) is 5.81. The van der Waals surface area contributed by atoms with Gasteiger partial charge in [0.2, 0.25) is 0 Å². The number of esters is 1. The second kappa shape index (κ2) is 6.37. The molecule has 1 heterocycles. The van der Waals surface area contributed by atoms with E-state index in [4.69, 9.17) is 10.5 Å². The molecule has 110 valence electrons. The Labute approximate surface area is 120 Å². The summed E-state index contributed by atoms with van der Waals surface area (Å²) in [5.74, 6) is -0.340. The number of carbonyl (C=O) groups excluding carboxylic acids is 1. The lowest BCUT2D eigenvalue weighted by molar-refractivity contribution is -0.146. The van der Waals surface area contributed by atoms with Crippen LogP contribution in [0.1, 0.15) is 30.9 Å². The summed E-state index contributed by atoms with van der Waals surface area (Å²) in [7, 11) is 1.38. The predicted octanol–water partition coefficient (Wildman–Crippen LogP) is 1.72. The Bertz CT molecular complexity index is 471. The molecule has 4 heteroatoms. The van der Waals surface area contributed by atoms with Gasteiger partial charge in [-0.25, -0.2) is 0 Å². The first-order valence-electron chi connectivity index (χ1n) is 7.19. The van der Waals surface area contributed by atoms with Crippen LogP contribution in [0.4, 0.5) is 0 Å². The van der Waals surface area contributed by atoms with E-state index in [0.29, 0.717) is 6.42 Å². The lowest BCUT2D eigenvalue weighted by atomic mass is 9.99. The van der Waals surface area contributed by atoms with Gasteiger partial charge in [-0.1, -0.05) is 24.3 Å². The predicted molar refractivity (Wildman–Crippen MR) is 79.3 cm³/mol. The maximum absolute atomic E-state index is 11.6. The second-order valence-electron chi connectivity index (χ2n) is 5.81. The van der Waals surface area contributed by atoms with Crippen LogP contribution in [0.25, 0.3) is 0 Å². The molecule has 1 aromatic rings. The first kappa shape index (κ1) is 15.0. The molecule has 1 unspecified atom stereocenters. The Hall–Kier alpha value is -1.39. The van der Waals surface area contributed by atoms with Crippen LogP contribution in [0, 0.1) is 0 Å². The minimum absolute atomic E-state index is 0.340. The summed E-state index contributed by atoms with van der Waals surface area (Å²) in [6.07, 6.45) is 2.89. The van der Waals surface area contributed by atoms with Gasteiger partial charge in [-0.3, -0.25) is 9.69 Å². The number of nitrogens with two attached hydrogens (primary N) is 1. The average molecular weight is 276 g/mol. The van der Waals surface area contributed by atoms with E-state index < -0.39 is 5.54 Å². The summed E-state index contributed by atoms with van der Waals surface area (Å²) < 4.78 is 4.75. The van der Waals surface area contributed by atoms with Crippen molar-refractivity contribution in [2.45, 2.75) is 38.3 Å². The number of nitrogens with zero attached hydrogens (tertiary/aromatic N) is 1. The maximum atomic E-state index is 11.6. The number of benzene rings is 1. The fourth-order valence-corrected chi connectivity index (χ4v) is 2.69. The highest BCUT2D eigenvalue weighted by Crippen LogP contribution is 2.19. The number of hydrogen-bond acceptors (Lipinski definition) is 4. The van der Waals surface area contributed by atoms with Gasteiger partial charge < -0.3 is 10.5 Å². The van der Waals surface area contributed by atoms with Crippen LogP contribution in [0.3, 0.4) is 0 Å². The lowest BCUT2D eigenvalue weighted by Gasteiger charge is -2.26. The van der Waals surface area contributed by atoms with Gasteiger partial charge in [0.25, 0.3) is 0 Å². The molecule has 0 aliphatic carbocycles. The quantitative estimate of drug-likeness (QED) is 0.851. The monoisotopic (exact) mass is 276 g/mol. The van der Waals surface area contributed by atoms with Crippen molar-refractivity contribution < 1.29 is 9.53 Å². The van der Waals surface area contributed by atoms with Gasteiger partial charge in [-0.05, 0) is 43.9 Å². The minimum atomic E-state index is -0.902. The van der Waals surface area contributed by atoms with Gasteiger partial charge in [0, 0.05) is 13.1 Å². The van der Waals surface area contributed by atoms with Crippen LogP contribution in [0.15, 0.2) is 24.3 Å². The number of methoxy groups -OCH3 is 1. The standard InChI is InChI=1S/C16H24N2O2/c1-16(17,15(19)20-2)9-11-18-10-5-8-13-6-3-4-7-14(13)12-18/h3-4,6-7H,5,8-12,17H2,1-2H3. The first-order chi connectivity index (χ1) is 9.53. The highest BCUT2D eigenvalue weighted by atomic mass is 16.5. The molecule has 1 aliphatic rings. The molecular weight excluding hydrogens is 252 g/mol. The number of aryl methyl sites for hydroxylation is 1. The van der Waals surface area contributed by atoms with Crippen LogP contribution < -0.4 is 5.73 Å². The normalized spacial score (nSPS) is 18.8. The summed E-state index contributed by atoms with van der Waals surface area (Å²) >= 11 is 0.